The Bertz CT molecular complexity index is 2000. The predicted octanol–water partition coefficient (Wildman–Crippen LogP) is 7.39. The number of aryl methyl sites for hydroxylation is 1. The second-order valence-corrected chi connectivity index (χ2v) is 11.0. The molecule has 8 heteroatoms. The number of fused-ring (bicyclic) bond motifs is 2. The van der Waals surface area contributed by atoms with E-state index >= 15 is 0 Å². The van der Waals surface area contributed by atoms with E-state index in [-0.39, 0.29) is 5.91 Å². The highest BCUT2D eigenvalue weighted by molar-refractivity contribution is 7.15. The molecule has 0 saturated carbocycles. The fourth-order valence-electron chi connectivity index (χ4n) is 5.01. The van der Waals surface area contributed by atoms with Crippen molar-refractivity contribution < 1.29 is 4.79 Å². The Labute approximate surface area is 234 Å². The van der Waals surface area contributed by atoms with E-state index in [0.717, 1.165) is 55.4 Å². The van der Waals surface area contributed by atoms with E-state index in [9.17, 15) is 4.79 Å². The van der Waals surface area contributed by atoms with Crippen LogP contribution in [-0.4, -0.2) is 31.1 Å². The first kappa shape index (κ1) is 24.0. The number of rotatable bonds is 6. The number of hydrogen-bond donors (Lipinski definition) is 3. The van der Waals surface area contributed by atoms with Gasteiger partial charge in [-0.15, -0.1) is 11.3 Å². The summed E-state index contributed by atoms with van der Waals surface area (Å²) < 4.78 is 0. The Morgan fingerprint density at radius 1 is 0.850 bits per heavy atom. The maximum absolute atomic E-state index is 12.6. The molecule has 7 aromatic rings. The fraction of sp³-hybridized carbons (Fsp3) is 0.0625. The third-order valence-electron chi connectivity index (χ3n) is 6.93. The number of aromatic nitrogens is 5. The van der Waals surface area contributed by atoms with Gasteiger partial charge in [-0.2, -0.15) is 5.10 Å². The molecule has 194 valence electrons. The summed E-state index contributed by atoms with van der Waals surface area (Å²) in [5.74, 6) is -0.0805. The number of nitrogens with one attached hydrogen (secondary N) is 3. The smallest absolute Gasteiger partial charge is 0.228 e. The Balaban J connectivity index is 1.21. The molecule has 0 unspecified atom stereocenters. The van der Waals surface area contributed by atoms with Gasteiger partial charge in [0.15, 0.2) is 0 Å². The van der Waals surface area contributed by atoms with Gasteiger partial charge in [0.05, 0.1) is 41.2 Å². The second kappa shape index (κ2) is 9.91. The quantitative estimate of drug-likeness (QED) is 0.205. The maximum Gasteiger partial charge on any atom is 0.228 e. The van der Waals surface area contributed by atoms with Crippen molar-refractivity contribution in [1.82, 2.24) is 25.1 Å². The molecule has 1 amide bonds. The molecule has 0 radical (unpaired) electrons. The van der Waals surface area contributed by atoms with E-state index in [0.29, 0.717) is 12.1 Å². The third kappa shape index (κ3) is 4.54. The molecule has 0 aliphatic rings. The molecule has 0 atom stereocenters. The standard InChI is InChI=1S/C32H24N6OS/c1-19-7-10-30(40-19)26-17-34-18-29-24(26)14-28(36-29)32-25-13-21(8-9-27(25)37-38-32)22-12-23(16-33-15-22)35-31(39)11-20-5-3-2-4-6-20/h2-10,12-18,36H,11H2,1H3,(H,35,39)(H,37,38). The van der Waals surface area contributed by atoms with Crippen molar-refractivity contribution in [3.8, 4) is 33.0 Å². The van der Waals surface area contributed by atoms with Gasteiger partial charge in [0.2, 0.25) is 5.91 Å². The van der Waals surface area contributed by atoms with E-state index in [4.69, 9.17) is 0 Å². The minimum absolute atomic E-state index is 0.0805. The number of aromatic amines is 2. The molecule has 0 aliphatic carbocycles. The largest absolute Gasteiger partial charge is 0.352 e. The molecule has 3 N–H and O–H groups in total. The molecule has 0 spiro atoms. The van der Waals surface area contributed by atoms with Gasteiger partial charge in [0.1, 0.15) is 5.69 Å². The highest BCUT2D eigenvalue weighted by Crippen LogP contribution is 2.37. The number of anilines is 1. The summed E-state index contributed by atoms with van der Waals surface area (Å²) in [4.78, 5) is 27.4. The summed E-state index contributed by atoms with van der Waals surface area (Å²) in [7, 11) is 0. The van der Waals surface area contributed by atoms with Crippen LogP contribution in [-0.2, 0) is 11.2 Å². The van der Waals surface area contributed by atoms with Gasteiger partial charge in [-0.25, -0.2) is 0 Å². The average Bonchev–Trinajstić information content (AvgIpc) is 3.71. The van der Waals surface area contributed by atoms with E-state index in [1.807, 2.05) is 60.9 Å². The van der Waals surface area contributed by atoms with Crippen LogP contribution in [0.15, 0.2) is 97.6 Å². The van der Waals surface area contributed by atoms with Gasteiger partial charge in [0, 0.05) is 44.0 Å². The Morgan fingerprint density at radius 3 is 2.58 bits per heavy atom. The van der Waals surface area contributed by atoms with Crippen LogP contribution in [0.1, 0.15) is 10.4 Å². The Hall–Kier alpha value is -5.08. The number of thiophene rings is 1. The molecule has 0 fully saturated rings. The van der Waals surface area contributed by atoms with Gasteiger partial charge < -0.3 is 10.3 Å². The van der Waals surface area contributed by atoms with Gasteiger partial charge in [0.25, 0.3) is 0 Å². The summed E-state index contributed by atoms with van der Waals surface area (Å²) in [6.45, 7) is 2.11. The highest BCUT2D eigenvalue weighted by atomic mass is 32.1. The molecule has 5 aromatic heterocycles. The Kier molecular flexibility index (Phi) is 5.94. The SMILES string of the molecule is Cc1ccc(-c2cncc3[nH]c(-c4n[nH]c5ccc(-c6cncc(NC(=O)Cc7ccccc7)c6)cc45)cc23)s1. The zero-order valence-corrected chi connectivity index (χ0v) is 22.4. The average molecular weight is 541 g/mol. The lowest BCUT2D eigenvalue weighted by Crippen LogP contribution is -2.14. The van der Waals surface area contributed by atoms with Crippen molar-refractivity contribution in [3.05, 3.63) is 108 Å². The van der Waals surface area contributed by atoms with Crippen LogP contribution in [0.2, 0.25) is 0 Å². The number of H-pyrrole nitrogens is 2. The van der Waals surface area contributed by atoms with E-state index in [1.54, 1.807) is 23.7 Å². The van der Waals surface area contributed by atoms with Gasteiger partial charge in [-0.05, 0) is 54.4 Å². The molecule has 0 bridgehead atoms. The van der Waals surface area contributed by atoms with Crippen LogP contribution in [0.3, 0.4) is 0 Å². The molecule has 2 aromatic carbocycles. The molecular weight excluding hydrogens is 516 g/mol. The normalized spacial score (nSPS) is 11.3. The number of amides is 1. The molecule has 7 rings (SSSR count). The molecule has 0 saturated heterocycles. The third-order valence-corrected chi connectivity index (χ3v) is 7.97. The number of pyridine rings is 2. The van der Waals surface area contributed by atoms with Crippen LogP contribution >= 0.6 is 11.3 Å². The molecule has 5 heterocycles. The van der Waals surface area contributed by atoms with E-state index in [2.05, 4.69) is 61.7 Å². The summed E-state index contributed by atoms with van der Waals surface area (Å²) in [6, 6.07) is 24.2. The van der Waals surface area contributed by atoms with Crippen molar-refractivity contribution in [3.63, 3.8) is 0 Å². The number of carbonyl (C=O) groups is 1. The van der Waals surface area contributed by atoms with Crippen molar-refractivity contribution in [1.29, 1.82) is 0 Å². The first-order chi connectivity index (χ1) is 19.6. The lowest BCUT2D eigenvalue weighted by Gasteiger charge is -2.08. The number of benzene rings is 2. The minimum Gasteiger partial charge on any atom is -0.352 e. The number of hydrogen-bond acceptors (Lipinski definition) is 5. The monoisotopic (exact) mass is 540 g/mol. The summed E-state index contributed by atoms with van der Waals surface area (Å²) >= 11 is 1.76. The van der Waals surface area contributed by atoms with E-state index < -0.39 is 0 Å². The van der Waals surface area contributed by atoms with Crippen LogP contribution < -0.4 is 5.32 Å². The molecular formula is C32H24N6OS. The predicted molar refractivity (Wildman–Crippen MR) is 161 cm³/mol. The summed E-state index contributed by atoms with van der Waals surface area (Å²) in [5.41, 5.74) is 8.27. The van der Waals surface area contributed by atoms with Crippen LogP contribution in [0, 0.1) is 6.92 Å². The van der Waals surface area contributed by atoms with Crippen LogP contribution in [0.5, 0.6) is 0 Å². The van der Waals surface area contributed by atoms with Crippen LogP contribution in [0.4, 0.5) is 5.69 Å². The number of carbonyl (C=O) groups excluding carboxylic acids is 1. The van der Waals surface area contributed by atoms with Crippen LogP contribution in [0.25, 0.3) is 54.8 Å². The lowest BCUT2D eigenvalue weighted by molar-refractivity contribution is -0.115. The summed E-state index contributed by atoms with van der Waals surface area (Å²) in [6.07, 6.45) is 7.55. The van der Waals surface area contributed by atoms with Gasteiger partial charge in [-0.1, -0.05) is 36.4 Å². The van der Waals surface area contributed by atoms with Crippen molar-refractivity contribution in [2.24, 2.45) is 0 Å². The fourth-order valence-corrected chi connectivity index (χ4v) is 5.90. The minimum atomic E-state index is -0.0805. The maximum atomic E-state index is 12.6. The first-order valence-corrected chi connectivity index (χ1v) is 13.7. The summed E-state index contributed by atoms with van der Waals surface area (Å²) in [5, 5.41) is 12.9. The molecule has 40 heavy (non-hydrogen) atoms. The highest BCUT2D eigenvalue weighted by Gasteiger charge is 2.15. The number of nitrogens with zero attached hydrogens (tertiary/aromatic N) is 3. The van der Waals surface area contributed by atoms with E-state index in [1.165, 1.54) is 9.75 Å². The lowest BCUT2D eigenvalue weighted by atomic mass is 10.0. The molecule has 0 aliphatic heterocycles. The van der Waals surface area contributed by atoms with Crippen molar-refractivity contribution in [2.45, 2.75) is 13.3 Å². The van der Waals surface area contributed by atoms with Gasteiger partial charge in [-0.3, -0.25) is 19.9 Å². The molecule has 7 nitrogen and oxygen atoms in total. The van der Waals surface area contributed by atoms with Crippen molar-refractivity contribution >= 4 is 44.7 Å². The topological polar surface area (TPSA) is 99.3 Å². The second-order valence-electron chi connectivity index (χ2n) is 9.75. The first-order valence-electron chi connectivity index (χ1n) is 12.9. The van der Waals surface area contributed by atoms with Gasteiger partial charge >= 0.3 is 0 Å². The van der Waals surface area contributed by atoms with Crippen molar-refractivity contribution in [2.75, 3.05) is 5.32 Å². The zero-order chi connectivity index (χ0) is 27.1. The zero-order valence-electron chi connectivity index (χ0n) is 21.6. The Morgan fingerprint density at radius 2 is 1.73 bits per heavy atom.